The summed E-state index contributed by atoms with van der Waals surface area (Å²) in [6, 6.07) is 9.50. The summed E-state index contributed by atoms with van der Waals surface area (Å²) in [4.78, 5) is 14.2. The monoisotopic (exact) mass is 262 g/mol. The van der Waals surface area contributed by atoms with Crippen molar-refractivity contribution in [1.82, 2.24) is 5.32 Å². The maximum Gasteiger partial charge on any atom is 0.407 e. The highest BCUT2D eigenvalue weighted by Gasteiger charge is 2.07. The zero-order valence-electron chi connectivity index (χ0n) is 11.0. The highest BCUT2D eigenvalue weighted by atomic mass is 16.5. The van der Waals surface area contributed by atoms with Crippen LogP contribution in [0.25, 0.3) is 10.4 Å². The zero-order chi connectivity index (χ0) is 13.9. The third-order valence-corrected chi connectivity index (χ3v) is 2.54. The van der Waals surface area contributed by atoms with Gasteiger partial charge in [0.1, 0.15) is 6.61 Å². The molecule has 0 aliphatic heterocycles. The molecule has 0 spiro atoms. The lowest BCUT2D eigenvalue weighted by atomic mass is 10.2. The van der Waals surface area contributed by atoms with E-state index in [2.05, 4.69) is 15.3 Å². The summed E-state index contributed by atoms with van der Waals surface area (Å²) in [6.07, 6.45) is 1.06. The lowest BCUT2D eigenvalue weighted by molar-refractivity contribution is 0.136. The van der Waals surface area contributed by atoms with Gasteiger partial charge in [0.25, 0.3) is 0 Å². The Morgan fingerprint density at radius 1 is 1.47 bits per heavy atom. The number of nitrogens with one attached hydrogen (secondary N) is 1. The third-order valence-electron chi connectivity index (χ3n) is 2.54. The van der Waals surface area contributed by atoms with Crippen molar-refractivity contribution in [2.24, 2.45) is 5.11 Å². The van der Waals surface area contributed by atoms with Gasteiger partial charge in [0, 0.05) is 17.5 Å². The van der Waals surface area contributed by atoms with Crippen LogP contribution in [-0.4, -0.2) is 18.7 Å². The van der Waals surface area contributed by atoms with Crippen molar-refractivity contribution < 1.29 is 9.53 Å². The van der Waals surface area contributed by atoms with E-state index in [1.807, 2.05) is 37.3 Å². The van der Waals surface area contributed by atoms with Crippen LogP contribution in [0.3, 0.4) is 0 Å². The number of rotatable bonds is 7. The van der Waals surface area contributed by atoms with Crippen molar-refractivity contribution in [3.63, 3.8) is 0 Å². The van der Waals surface area contributed by atoms with Gasteiger partial charge in [0.05, 0.1) is 0 Å². The molecular formula is C13H18N4O2. The van der Waals surface area contributed by atoms with Gasteiger partial charge in [0.15, 0.2) is 0 Å². The second-order valence-corrected chi connectivity index (χ2v) is 4.20. The predicted molar refractivity (Wildman–Crippen MR) is 72.5 cm³/mol. The molecular weight excluding hydrogens is 244 g/mol. The molecule has 0 aliphatic carbocycles. The number of hydrogen-bond acceptors (Lipinski definition) is 3. The van der Waals surface area contributed by atoms with Crippen LogP contribution in [0.1, 0.15) is 25.3 Å². The van der Waals surface area contributed by atoms with Gasteiger partial charge >= 0.3 is 6.09 Å². The molecule has 1 N–H and O–H groups in total. The highest BCUT2D eigenvalue weighted by molar-refractivity contribution is 5.67. The number of ether oxygens (including phenoxy) is 1. The number of nitrogens with zero attached hydrogens (tertiary/aromatic N) is 3. The fourth-order valence-electron chi connectivity index (χ4n) is 1.55. The lowest BCUT2D eigenvalue weighted by Crippen LogP contribution is -2.33. The average Bonchev–Trinajstić information content (AvgIpc) is 2.42. The quantitative estimate of drug-likeness (QED) is 0.353. The number of alkyl carbamates (subject to hydrolysis) is 1. The summed E-state index contributed by atoms with van der Waals surface area (Å²) in [5.41, 5.74) is 9.08. The first kappa shape index (κ1) is 14.9. The molecule has 6 heteroatoms. The molecule has 0 aliphatic rings. The fraction of sp³-hybridized carbons (Fsp3) is 0.462. The van der Waals surface area contributed by atoms with Gasteiger partial charge in [-0.1, -0.05) is 35.4 Å². The number of carbonyl (C=O) groups is 1. The normalized spacial score (nSPS) is 11.2. The van der Waals surface area contributed by atoms with E-state index in [4.69, 9.17) is 10.3 Å². The largest absolute Gasteiger partial charge is 0.445 e. The predicted octanol–water partition coefficient (Wildman–Crippen LogP) is 3.39. The van der Waals surface area contributed by atoms with E-state index in [0.29, 0.717) is 6.54 Å². The molecule has 102 valence electrons. The van der Waals surface area contributed by atoms with E-state index in [1.165, 1.54) is 0 Å². The summed E-state index contributed by atoms with van der Waals surface area (Å²) in [5.74, 6) is 0. The first-order valence-electron chi connectivity index (χ1n) is 6.20. The Labute approximate surface area is 112 Å². The Balaban J connectivity index is 2.18. The van der Waals surface area contributed by atoms with Crippen molar-refractivity contribution in [3.05, 3.63) is 46.3 Å². The molecule has 1 aromatic rings. The average molecular weight is 262 g/mol. The minimum absolute atomic E-state index is 0.00262. The summed E-state index contributed by atoms with van der Waals surface area (Å²) in [6.45, 7) is 2.60. The highest BCUT2D eigenvalue weighted by Crippen LogP contribution is 2.02. The number of carbonyl (C=O) groups excluding carboxylic acids is 1. The van der Waals surface area contributed by atoms with Gasteiger partial charge in [-0.25, -0.2) is 4.79 Å². The lowest BCUT2D eigenvalue weighted by Gasteiger charge is -2.13. The van der Waals surface area contributed by atoms with Gasteiger partial charge < -0.3 is 10.1 Å². The van der Waals surface area contributed by atoms with Gasteiger partial charge in [-0.2, -0.15) is 0 Å². The Morgan fingerprint density at radius 2 is 2.21 bits per heavy atom. The molecule has 1 rings (SSSR count). The number of azide groups is 1. The Kier molecular flexibility index (Phi) is 6.90. The van der Waals surface area contributed by atoms with Crippen LogP contribution in [0, 0.1) is 0 Å². The number of benzene rings is 1. The number of hydrogen-bond donors (Lipinski definition) is 1. The van der Waals surface area contributed by atoms with Gasteiger partial charge in [-0.15, -0.1) is 0 Å². The second-order valence-electron chi connectivity index (χ2n) is 4.20. The maximum atomic E-state index is 11.5. The maximum absolute atomic E-state index is 11.5. The Bertz CT molecular complexity index is 430. The Morgan fingerprint density at radius 3 is 2.89 bits per heavy atom. The topological polar surface area (TPSA) is 87.1 Å². The van der Waals surface area contributed by atoms with Gasteiger partial charge in [0.2, 0.25) is 0 Å². The van der Waals surface area contributed by atoms with E-state index in [9.17, 15) is 4.79 Å². The summed E-state index contributed by atoms with van der Waals surface area (Å²) in [7, 11) is 0. The zero-order valence-corrected chi connectivity index (χ0v) is 11.0. The fourth-order valence-corrected chi connectivity index (χ4v) is 1.55. The molecule has 0 radical (unpaired) electrons. The molecule has 1 amide bonds. The van der Waals surface area contributed by atoms with Crippen LogP contribution < -0.4 is 5.32 Å². The SMILES string of the molecule is C[C@H](CCCN=[N+]=[N-])NC(=O)OCc1ccccc1. The summed E-state index contributed by atoms with van der Waals surface area (Å²) >= 11 is 0. The summed E-state index contributed by atoms with van der Waals surface area (Å²) in [5, 5.41) is 6.17. The molecule has 0 fully saturated rings. The van der Waals surface area contributed by atoms with Crippen LogP contribution in [0.2, 0.25) is 0 Å². The molecule has 0 unspecified atom stereocenters. The molecule has 1 aromatic carbocycles. The number of amides is 1. The van der Waals surface area contributed by atoms with Crippen LogP contribution in [0.15, 0.2) is 35.4 Å². The standard InChI is InChI=1S/C13H18N4O2/c1-11(6-5-9-15-17-14)16-13(18)19-10-12-7-3-2-4-8-12/h2-4,7-8,11H,5-6,9-10H2,1H3,(H,16,18)/t11-/m1/s1. The van der Waals surface area contributed by atoms with Crippen molar-refractivity contribution in [2.45, 2.75) is 32.4 Å². The van der Waals surface area contributed by atoms with E-state index < -0.39 is 6.09 Å². The van der Waals surface area contributed by atoms with Crippen LogP contribution in [0.4, 0.5) is 4.79 Å². The van der Waals surface area contributed by atoms with E-state index in [-0.39, 0.29) is 12.6 Å². The van der Waals surface area contributed by atoms with E-state index in [1.54, 1.807) is 0 Å². The smallest absolute Gasteiger partial charge is 0.407 e. The van der Waals surface area contributed by atoms with E-state index >= 15 is 0 Å². The van der Waals surface area contributed by atoms with E-state index in [0.717, 1.165) is 18.4 Å². The molecule has 0 saturated carbocycles. The van der Waals surface area contributed by atoms with Crippen molar-refractivity contribution in [3.8, 4) is 0 Å². The third kappa shape index (κ3) is 6.95. The van der Waals surface area contributed by atoms with Gasteiger partial charge in [-0.3, -0.25) is 0 Å². The molecule has 6 nitrogen and oxygen atoms in total. The van der Waals surface area contributed by atoms with Gasteiger partial charge in [-0.05, 0) is 30.9 Å². The van der Waals surface area contributed by atoms with Crippen LogP contribution in [0.5, 0.6) is 0 Å². The van der Waals surface area contributed by atoms with Crippen molar-refractivity contribution >= 4 is 6.09 Å². The molecule has 0 saturated heterocycles. The molecule has 0 bridgehead atoms. The second kappa shape index (κ2) is 8.83. The first-order valence-corrected chi connectivity index (χ1v) is 6.20. The Hall–Kier alpha value is -2.20. The van der Waals surface area contributed by atoms with Crippen LogP contribution in [-0.2, 0) is 11.3 Å². The molecule has 0 aromatic heterocycles. The molecule has 19 heavy (non-hydrogen) atoms. The van der Waals surface area contributed by atoms with Crippen LogP contribution >= 0.6 is 0 Å². The summed E-state index contributed by atoms with van der Waals surface area (Å²) < 4.78 is 5.09. The molecule has 1 atom stereocenters. The van der Waals surface area contributed by atoms with Crippen molar-refractivity contribution in [2.75, 3.05) is 6.54 Å². The minimum Gasteiger partial charge on any atom is -0.445 e. The first-order chi connectivity index (χ1) is 9.22. The minimum atomic E-state index is -0.430. The molecule has 0 heterocycles. The van der Waals surface area contributed by atoms with Crippen molar-refractivity contribution in [1.29, 1.82) is 0 Å².